The van der Waals surface area contributed by atoms with Crippen molar-refractivity contribution >= 4 is 23.3 Å². The molecule has 2 amide bonds. The first kappa shape index (κ1) is 15.8. The van der Waals surface area contributed by atoms with Crippen LogP contribution in [0.3, 0.4) is 0 Å². The Bertz CT molecular complexity index is 676. The van der Waals surface area contributed by atoms with Crippen molar-refractivity contribution in [1.29, 1.82) is 0 Å². The number of hydrogen-bond donors (Lipinski definition) is 2. The highest BCUT2D eigenvalue weighted by molar-refractivity contribution is 6.30. The van der Waals surface area contributed by atoms with Gasteiger partial charge in [0.25, 0.3) is 0 Å². The van der Waals surface area contributed by atoms with Crippen LogP contribution in [0.25, 0.3) is 0 Å². The number of carbonyl (C=O) groups is 1. The third kappa shape index (κ3) is 4.00. The van der Waals surface area contributed by atoms with E-state index in [-0.39, 0.29) is 23.8 Å². The molecule has 2 aromatic rings. The predicted molar refractivity (Wildman–Crippen MR) is 87.4 cm³/mol. The normalized spacial score (nSPS) is 20.3. The lowest BCUT2D eigenvalue weighted by Crippen LogP contribution is -2.41. The molecule has 4 nitrogen and oxygen atoms in total. The van der Waals surface area contributed by atoms with Crippen LogP contribution in [-0.2, 0) is 4.74 Å². The topological polar surface area (TPSA) is 50.4 Å². The lowest BCUT2D eigenvalue weighted by atomic mass is 9.94. The Hall–Kier alpha value is -2.11. The van der Waals surface area contributed by atoms with E-state index in [0.29, 0.717) is 23.9 Å². The second-order valence-corrected chi connectivity index (χ2v) is 5.84. The standard InChI is InChI=1S/C17H16ClFN2O2/c18-12-3-1-11(2-4-12)15-9-23-10-16(15)21-17(22)20-14-7-5-13(19)6-8-14/h1-8,15-16H,9-10H2,(H2,20,21,22). The molecule has 0 radical (unpaired) electrons. The van der Waals surface area contributed by atoms with Gasteiger partial charge in [0.15, 0.2) is 0 Å². The fourth-order valence-corrected chi connectivity index (χ4v) is 2.73. The van der Waals surface area contributed by atoms with Gasteiger partial charge in [0.05, 0.1) is 19.3 Å². The summed E-state index contributed by atoms with van der Waals surface area (Å²) in [6.45, 7) is 0.993. The van der Waals surface area contributed by atoms with E-state index in [1.54, 1.807) is 0 Å². The first-order chi connectivity index (χ1) is 11.1. The minimum Gasteiger partial charge on any atom is -0.379 e. The summed E-state index contributed by atoms with van der Waals surface area (Å²) in [5, 5.41) is 6.26. The molecule has 2 atom stereocenters. The van der Waals surface area contributed by atoms with Crippen LogP contribution < -0.4 is 10.6 Å². The highest BCUT2D eigenvalue weighted by Gasteiger charge is 2.30. The lowest BCUT2D eigenvalue weighted by molar-refractivity contribution is 0.187. The number of amides is 2. The first-order valence-corrected chi connectivity index (χ1v) is 7.66. The van der Waals surface area contributed by atoms with Crippen molar-refractivity contribution in [2.75, 3.05) is 18.5 Å². The molecule has 0 aliphatic carbocycles. The molecule has 1 aliphatic heterocycles. The van der Waals surface area contributed by atoms with E-state index in [9.17, 15) is 9.18 Å². The summed E-state index contributed by atoms with van der Waals surface area (Å²) in [5.74, 6) is -0.269. The second kappa shape index (κ2) is 6.98. The summed E-state index contributed by atoms with van der Waals surface area (Å²) in [4.78, 5) is 12.1. The Balaban J connectivity index is 1.62. The Labute approximate surface area is 138 Å². The quantitative estimate of drug-likeness (QED) is 0.897. The summed E-state index contributed by atoms with van der Waals surface area (Å²) >= 11 is 5.90. The number of rotatable bonds is 3. The summed E-state index contributed by atoms with van der Waals surface area (Å²) in [5.41, 5.74) is 1.60. The van der Waals surface area contributed by atoms with Gasteiger partial charge in [-0.2, -0.15) is 0 Å². The average Bonchev–Trinajstić information content (AvgIpc) is 2.98. The maximum atomic E-state index is 12.9. The van der Waals surface area contributed by atoms with Gasteiger partial charge >= 0.3 is 6.03 Å². The fraction of sp³-hybridized carbons (Fsp3) is 0.235. The molecule has 1 aliphatic rings. The monoisotopic (exact) mass is 334 g/mol. The minimum absolute atomic E-state index is 0.0752. The number of urea groups is 1. The molecule has 1 saturated heterocycles. The van der Waals surface area contributed by atoms with Crippen LogP contribution >= 0.6 is 11.6 Å². The summed E-state index contributed by atoms with van der Waals surface area (Å²) in [6.07, 6.45) is 0. The number of ether oxygens (including phenoxy) is 1. The van der Waals surface area contributed by atoms with Gasteiger partial charge in [-0.1, -0.05) is 23.7 Å². The lowest BCUT2D eigenvalue weighted by Gasteiger charge is -2.20. The smallest absolute Gasteiger partial charge is 0.319 e. The van der Waals surface area contributed by atoms with Gasteiger partial charge in [-0.25, -0.2) is 9.18 Å². The molecular formula is C17H16ClFN2O2. The van der Waals surface area contributed by atoms with E-state index in [1.807, 2.05) is 24.3 Å². The van der Waals surface area contributed by atoms with Gasteiger partial charge in [-0.15, -0.1) is 0 Å². The number of halogens is 2. The predicted octanol–water partition coefficient (Wildman–Crippen LogP) is 3.78. The molecule has 6 heteroatoms. The van der Waals surface area contributed by atoms with Crippen LogP contribution in [0.1, 0.15) is 11.5 Å². The molecule has 2 unspecified atom stereocenters. The van der Waals surface area contributed by atoms with Gasteiger partial charge in [0.2, 0.25) is 0 Å². The van der Waals surface area contributed by atoms with Gasteiger partial charge in [0.1, 0.15) is 5.82 Å². The summed E-state index contributed by atoms with van der Waals surface area (Å²) in [7, 11) is 0. The molecule has 1 fully saturated rings. The van der Waals surface area contributed by atoms with Crippen LogP contribution in [0.5, 0.6) is 0 Å². The largest absolute Gasteiger partial charge is 0.379 e. The third-order valence-electron chi connectivity index (χ3n) is 3.80. The molecule has 120 valence electrons. The van der Waals surface area contributed by atoms with E-state index in [0.717, 1.165) is 5.56 Å². The van der Waals surface area contributed by atoms with E-state index in [1.165, 1.54) is 24.3 Å². The molecule has 0 aromatic heterocycles. The molecular weight excluding hydrogens is 319 g/mol. The van der Waals surface area contributed by atoms with E-state index in [2.05, 4.69) is 10.6 Å². The van der Waals surface area contributed by atoms with Gasteiger partial charge in [0, 0.05) is 16.6 Å². The van der Waals surface area contributed by atoms with Crippen molar-refractivity contribution in [2.24, 2.45) is 0 Å². The van der Waals surface area contributed by atoms with Crippen molar-refractivity contribution in [3.8, 4) is 0 Å². The zero-order valence-electron chi connectivity index (χ0n) is 12.3. The van der Waals surface area contributed by atoms with Crippen molar-refractivity contribution in [2.45, 2.75) is 12.0 Å². The zero-order chi connectivity index (χ0) is 16.2. The molecule has 2 N–H and O–H groups in total. The zero-order valence-corrected chi connectivity index (χ0v) is 13.0. The summed E-state index contributed by atoms with van der Waals surface area (Å²) < 4.78 is 18.4. The van der Waals surface area contributed by atoms with Crippen LogP contribution in [0, 0.1) is 5.82 Å². The van der Waals surface area contributed by atoms with Crippen molar-refractivity contribution in [3.63, 3.8) is 0 Å². The highest BCUT2D eigenvalue weighted by Crippen LogP contribution is 2.27. The maximum absolute atomic E-state index is 12.9. The van der Waals surface area contributed by atoms with Crippen molar-refractivity contribution in [1.82, 2.24) is 5.32 Å². The number of benzene rings is 2. The van der Waals surface area contributed by atoms with Crippen molar-refractivity contribution < 1.29 is 13.9 Å². The van der Waals surface area contributed by atoms with E-state index >= 15 is 0 Å². The van der Waals surface area contributed by atoms with Gasteiger partial charge in [-0.05, 0) is 42.0 Å². The Morgan fingerprint density at radius 1 is 1.09 bits per heavy atom. The van der Waals surface area contributed by atoms with E-state index in [4.69, 9.17) is 16.3 Å². The molecule has 3 rings (SSSR count). The minimum atomic E-state index is -0.344. The fourth-order valence-electron chi connectivity index (χ4n) is 2.60. The SMILES string of the molecule is O=C(Nc1ccc(F)cc1)NC1COCC1c1ccc(Cl)cc1. The number of anilines is 1. The van der Waals surface area contributed by atoms with Crippen LogP contribution in [0.4, 0.5) is 14.9 Å². The Morgan fingerprint density at radius 2 is 1.78 bits per heavy atom. The van der Waals surface area contributed by atoms with Crippen molar-refractivity contribution in [3.05, 3.63) is 64.9 Å². The van der Waals surface area contributed by atoms with Gasteiger partial charge < -0.3 is 15.4 Å². The second-order valence-electron chi connectivity index (χ2n) is 5.41. The maximum Gasteiger partial charge on any atom is 0.319 e. The molecule has 1 heterocycles. The highest BCUT2D eigenvalue weighted by atomic mass is 35.5. The van der Waals surface area contributed by atoms with Crippen LogP contribution in [0.15, 0.2) is 48.5 Å². The first-order valence-electron chi connectivity index (χ1n) is 7.28. The van der Waals surface area contributed by atoms with Crippen LogP contribution in [-0.4, -0.2) is 25.3 Å². The molecule has 2 aromatic carbocycles. The van der Waals surface area contributed by atoms with Gasteiger partial charge in [-0.3, -0.25) is 0 Å². The van der Waals surface area contributed by atoms with Crippen LogP contribution in [0.2, 0.25) is 5.02 Å². The molecule has 0 bridgehead atoms. The third-order valence-corrected chi connectivity index (χ3v) is 4.05. The van der Waals surface area contributed by atoms with E-state index < -0.39 is 0 Å². The summed E-state index contributed by atoms with van der Waals surface area (Å²) in [6, 6.07) is 12.7. The number of hydrogen-bond acceptors (Lipinski definition) is 2. The number of nitrogens with one attached hydrogen (secondary N) is 2. The average molecular weight is 335 g/mol. The molecule has 0 saturated carbocycles. The molecule has 23 heavy (non-hydrogen) atoms. The Kier molecular flexibility index (Phi) is 4.79. The Morgan fingerprint density at radius 3 is 2.48 bits per heavy atom. The number of carbonyl (C=O) groups excluding carboxylic acids is 1. The molecule has 0 spiro atoms.